The lowest BCUT2D eigenvalue weighted by atomic mass is 10.1. The zero-order valence-electron chi connectivity index (χ0n) is 11.7. The zero-order valence-corrected chi connectivity index (χ0v) is 13.3. The van der Waals surface area contributed by atoms with E-state index >= 15 is 0 Å². The van der Waals surface area contributed by atoms with Crippen LogP contribution < -0.4 is 0 Å². The molecule has 0 atom stereocenters. The maximum Gasteiger partial charge on any atom is 0.243 e. The molecule has 0 fully saturated rings. The summed E-state index contributed by atoms with van der Waals surface area (Å²) >= 11 is 1.47. The van der Waals surface area contributed by atoms with Crippen LogP contribution in [0, 0.1) is 12.7 Å². The summed E-state index contributed by atoms with van der Waals surface area (Å²) in [5.74, 6) is -0.572. The van der Waals surface area contributed by atoms with Gasteiger partial charge in [0.05, 0.1) is 11.5 Å². The average molecular weight is 329 g/mol. The predicted octanol–water partition coefficient (Wildman–Crippen LogP) is 2.51. The summed E-state index contributed by atoms with van der Waals surface area (Å²) in [6.45, 7) is 1.20. The highest BCUT2D eigenvalue weighted by molar-refractivity contribution is 7.89. The maximum absolute atomic E-state index is 13.7. The monoisotopic (exact) mass is 329 g/mol. The number of benzene rings is 1. The van der Waals surface area contributed by atoms with Gasteiger partial charge in [0.15, 0.2) is 0 Å². The van der Waals surface area contributed by atoms with Crippen LogP contribution in [0.3, 0.4) is 0 Å². The van der Waals surface area contributed by atoms with E-state index in [1.165, 1.54) is 41.7 Å². The molecule has 0 aliphatic heterocycles. The lowest BCUT2D eigenvalue weighted by molar-refractivity contribution is 0.275. The fraction of sp³-hybridized carbons (Fsp3) is 0.286. The van der Waals surface area contributed by atoms with E-state index in [0.29, 0.717) is 0 Å². The largest absolute Gasteiger partial charge is 0.392 e. The number of nitrogens with zero attached hydrogens (tertiary/aromatic N) is 1. The van der Waals surface area contributed by atoms with E-state index in [0.717, 1.165) is 4.88 Å². The minimum Gasteiger partial charge on any atom is -0.392 e. The van der Waals surface area contributed by atoms with Crippen molar-refractivity contribution >= 4 is 21.4 Å². The smallest absolute Gasteiger partial charge is 0.243 e. The molecule has 0 saturated heterocycles. The SMILES string of the molecule is Cc1cc(S(=O)(=O)N(C)Cc2cccs2)cc(CO)c1F. The van der Waals surface area contributed by atoms with Gasteiger partial charge in [-0.1, -0.05) is 6.07 Å². The molecule has 114 valence electrons. The van der Waals surface area contributed by atoms with Crippen LogP contribution in [0.4, 0.5) is 4.39 Å². The highest BCUT2D eigenvalue weighted by atomic mass is 32.2. The zero-order chi connectivity index (χ0) is 15.6. The number of halogens is 1. The Bertz CT molecular complexity index is 727. The van der Waals surface area contributed by atoms with Crippen LogP contribution in [0.15, 0.2) is 34.5 Å². The van der Waals surface area contributed by atoms with Gasteiger partial charge in [-0.25, -0.2) is 12.8 Å². The molecule has 0 aliphatic rings. The van der Waals surface area contributed by atoms with Crippen LogP contribution in [-0.2, 0) is 23.2 Å². The Morgan fingerprint density at radius 2 is 2.10 bits per heavy atom. The van der Waals surface area contributed by atoms with Gasteiger partial charge in [-0.2, -0.15) is 4.31 Å². The van der Waals surface area contributed by atoms with E-state index in [4.69, 9.17) is 5.11 Å². The van der Waals surface area contributed by atoms with Gasteiger partial charge in [-0.15, -0.1) is 11.3 Å². The fourth-order valence-corrected chi connectivity index (χ4v) is 4.08. The van der Waals surface area contributed by atoms with Crippen LogP contribution in [0.2, 0.25) is 0 Å². The van der Waals surface area contributed by atoms with Gasteiger partial charge in [-0.3, -0.25) is 0 Å². The molecule has 0 saturated carbocycles. The molecule has 0 unspecified atom stereocenters. The van der Waals surface area contributed by atoms with Crippen LogP contribution in [0.25, 0.3) is 0 Å². The molecule has 0 radical (unpaired) electrons. The molecule has 1 aromatic carbocycles. The van der Waals surface area contributed by atoms with Crippen LogP contribution in [-0.4, -0.2) is 24.9 Å². The van der Waals surface area contributed by atoms with Gasteiger partial charge in [-0.05, 0) is 36.1 Å². The number of rotatable bonds is 5. The van der Waals surface area contributed by atoms with Crippen molar-refractivity contribution in [1.29, 1.82) is 0 Å². The first-order valence-corrected chi connectivity index (χ1v) is 8.57. The number of aliphatic hydroxyl groups is 1. The Morgan fingerprint density at radius 1 is 1.38 bits per heavy atom. The molecule has 4 nitrogen and oxygen atoms in total. The molecule has 2 aromatic rings. The van der Waals surface area contributed by atoms with E-state index in [2.05, 4.69) is 0 Å². The lowest BCUT2D eigenvalue weighted by Crippen LogP contribution is -2.26. The van der Waals surface area contributed by atoms with Crippen molar-refractivity contribution in [3.63, 3.8) is 0 Å². The van der Waals surface area contributed by atoms with Crippen molar-refractivity contribution < 1.29 is 17.9 Å². The van der Waals surface area contributed by atoms with Crippen molar-refractivity contribution in [2.24, 2.45) is 0 Å². The van der Waals surface area contributed by atoms with Crippen molar-refractivity contribution in [2.75, 3.05) is 7.05 Å². The number of sulfonamides is 1. The van der Waals surface area contributed by atoms with E-state index in [-0.39, 0.29) is 22.6 Å². The molecule has 21 heavy (non-hydrogen) atoms. The highest BCUT2D eigenvalue weighted by Gasteiger charge is 2.23. The van der Waals surface area contributed by atoms with Crippen molar-refractivity contribution in [1.82, 2.24) is 4.31 Å². The molecule has 0 bridgehead atoms. The Hall–Kier alpha value is -1.28. The lowest BCUT2D eigenvalue weighted by Gasteiger charge is -2.17. The summed E-state index contributed by atoms with van der Waals surface area (Å²) in [4.78, 5) is 0.909. The Labute approximate surface area is 127 Å². The quantitative estimate of drug-likeness (QED) is 0.917. The number of aliphatic hydroxyl groups excluding tert-OH is 1. The second kappa shape index (κ2) is 6.23. The van der Waals surface area contributed by atoms with E-state index in [9.17, 15) is 12.8 Å². The second-order valence-corrected chi connectivity index (χ2v) is 7.79. The third kappa shape index (κ3) is 3.32. The van der Waals surface area contributed by atoms with Crippen LogP contribution in [0.1, 0.15) is 16.0 Å². The minimum atomic E-state index is -3.72. The molecule has 0 aliphatic carbocycles. The van der Waals surface area contributed by atoms with Crippen molar-refractivity contribution in [2.45, 2.75) is 25.0 Å². The van der Waals surface area contributed by atoms with Crippen LogP contribution in [0.5, 0.6) is 0 Å². The molecule has 0 spiro atoms. The summed E-state index contributed by atoms with van der Waals surface area (Å²) < 4.78 is 40.0. The standard InChI is InChI=1S/C14H16FNO3S2/c1-10-6-13(7-11(9-17)14(10)15)21(18,19)16(2)8-12-4-3-5-20-12/h3-7,17H,8-9H2,1-2H3. The molecule has 1 N–H and O–H groups in total. The summed E-state index contributed by atoms with van der Waals surface area (Å²) in [5, 5.41) is 11.0. The molecule has 7 heteroatoms. The third-order valence-corrected chi connectivity index (χ3v) is 5.78. The van der Waals surface area contributed by atoms with Gasteiger partial charge in [0, 0.05) is 24.0 Å². The minimum absolute atomic E-state index is 0.00972. The van der Waals surface area contributed by atoms with Gasteiger partial charge in [0.1, 0.15) is 5.82 Å². The molecule has 2 rings (SSSR count). The first kappa shape index (κ1) is 16.1. The van der Waals surface area contributed by atoms with Gasteiger partial charge >= 0.3 is 0 Å². The third-order valence-electron chi connectivity index (χ3n) is 3.14. The number of thiophene rings is 1. The molecule has 1 heterocycles. The predicted molar refractivity (Wildman–Crippen MR) is 80.0 cm³/mol. The topological polar surface area (TPSA) is 57.6 Å². The normalized spacial score (nSPS) is 12.0. The van der Waals surface area contributed by atoms with E-state index in [1.54, 1.807) is 0 Å². The molecular formula is C14H16FNO3S2. The van der Waals surface area contributed by atoms with Gasteiger partial charge in [0.25, 0.3) is 0 Å². The average Bonchev–Trinajstić information content (AvgIpc) is 2.94. The summed E-state index contributed by atoms with van der Waals surface area (Å²) in [5.41, 5.74) is 0.183. The molecule has 0 amide bonds. The first-order valence-electron chi connectivity index (χ1n) is 6.25. The summed E-state index contributed by atoms with van der Waals surface area (Å²) in [7, 11) is -2.25. The van der Waals surface area contributed by atoms with E-state index in [1.807, 2.05) is 17.5 Å². The highest BCUT2D eigenvalue weighted by Crippen LogP contribution is 2.23. The van der Waals surface area contributed by atoms with Crippen LogP contribution >= 0.6 is 11.3 Å². The van der Waals surface area contributed by atoms with Gasteiger partial charge in [0.2, 0.25) is 10.0 Å². The first-order chi connectivity index (χ1) is 9.86. The maximum atomic E-state index is 13.7. The van der Waals surface area contributed by atoms with Crippen molar-refractivity contribution in [3.05, 3.63) is 51.5 Å². The Kier molecular flexibility index (Phi) is 4.77. The van der Waals surface area contributed by atoms with Gasteiger partial charge < -0.3 is 5.11 Å². The number of aryl methyl sites for hydroxylation is 1. The molecular weight excluding hydrogens is 313 g/mol. The summed E-state index contributed by atoms with van der Waals surface area (Å²) in [6.07, 6.45) is 0. The number of hydrogen-bond donors (Lipinski definition) is 1. The fourth-order valence-electron chi connectivity index (χ4n) is 1.96. The van der Waals surface area contributed by atoms with E-state index < -0.39 is 22.4 Å². The second-order valence-electron chi connectivity index (χ2n) is 4.71. The Balaban J connectivity index is 2.37. The Morgan fingerprint density at radius 3 is 2.67 bits per heavy atom. The summed E-state index contributed by atoms with van der Waals surface area (Å²) in [6, 6.07) is 6.18. The molecule has 1 aromatic heterocycles. The van der Waals surface area contributed by atoms with Crippen molar-refractivity contribution in [3.8, 4) is 0 Å². The number of hydrogen-bond acceptors (Lipinski definition) is 4.